The first-order valence-electron chi connectivity index (χ1n) is 10.0. The van der Waals surface area contributed by atoms with E-state index in [9.17, 15) is 23.3 Å². The van der Waals surface area contributed by atoms with Crippen LogP contribution >= 0.6 is 0 Å². The van der Waals surface area contributed by atoms with Crippen LogP contribution in [0.15, 0.2) is 42.5 Å². The summed E-state index contributed by atoms with van der Waals surface area (Å²) in [5.41, 5.74) is 0.323. The molecule has 1 aliphatic rings. The van der Waals surface area contributed by atoms with Gasteiger partial charge in [0.2, 0.25) is 15.9 Å². The normalized spacial score (nSPS) is 16.2. The number of nitrogens with one attached hydrogen (secondary N) is 1. The molecule has 172 valence electrons. The van der Waals surface area contributed by atoms with E-state index in [2.05, 4.69) is 5.32 Å². The molecule has 0 bridgehead atoms. The maximum absolute atomic E-state index is 13.0. The monoisotopic (exact) mass is 463 g/mol. The number of amides is 1. The maximum atomic E-state index is 13.0. The predicted octanol–water partition coefficient (Wildman–Crippen LogP) is 2.40. The largest absolute Gasteiger partial charge is 0.486 e. The van der Waals surface area contributed by atoms with Crippen LogP contribution in [0.5, 0.6) is 11.5 Å². The third-order valence-corrected chi connectivity index (χ3v) is 6.21. The second kappa shape index (κ2) is 9.43. The van der Waals surface area contributed by atoms with E-state index in [1.807, 2.05) is 12.1 Å². The number of rotatable bonds is 8. The van der Waals surface area contributed by atoms with Crippen LogP contribution < -0.4 is 19.1 Å². The highest BCUT2D eigenvalue weighted by Crippen LogP contribution is 2.31. The van der Waals surface area contributed by atoms with Gasteiger partial charge in [-0.25, -0.2) is 8.42 Å². The fourth-order valence-corrected chi connectivity index (χ4v) is 4.74. The number of sulfonamides is 1. The minimum Gasteiger partial charge on any atom is -0.486 e. The Bertz CT molecular complexity index is 1120. The Labute approximate surface area is 186 Å². The number of fused-ring (bicyclic) bond motifs is 1. The smallest absolute Gasteiger partial charge is 0.271 e. The van der Waals surface area contributed by atoms with Gasteiger partial charge in [-0.3, -0.25) is 19.2 Å². The van der Waals surface area contributed by atoms with Crippen molar-refractivity contribution in [1.29, 1.82) is 0 Å². The number of para-hydroxylation sites is 2. The SMILES string of the molecule is CC[C@H](C(=O)NC[C@@H]1COc2ccccc2O1)N(c1cc([N+](=O)[O-])ccc1C)S(C)(=O)=O. The zero-order chi connectivity index (χ0) is 23.5. The van der Waals surface area contributed by atoms with Gasteiger partial charge in [0.15, 0.2) is 11.5 Å². The molecule has 2 aromatic rings. The van der Waals surface area contributed by atoms with Crippen LogP contribution in [0.3, 0.4) is 0 Å². The molecule has 1 N–H and O–H groups in total. The molecule has 0 fully saturated rings. The lowest BCUT2D eigenvalue weighted by molar-refractivity contribution is -0.384. The molecule has 3 rings (SSSR count). The van der Waals surface area contributed by atoms with E-state index in [-0.39, 0.29) is 30.9 Å². The number of aryl methyl sites for hydroxylation is 1. The summed E-state index contributed by atoms with van der Waals surface area (Å²) < 4.78 is 37.7. The van der Waals surface area contributed by atoms with E-state index >= 15 is 0 Å². The molecule has 0 saturated carbocycles. The Kier molecular flexibility index (Phi) is 6.87. The molecule has 1 heterocycles. The molecule has 0 spiro atoms. The van der Waals surface area contributed by atoms with Gasteiger partial charge in [0, 0.05) is 12.1 Å². The van der Waals surface area contributed by atoms with Crippen LogP contribution in [0.1, 0.15) is 18.9 Å². The van der Waals surface area contributed by atoms with Crippen LogP contribution in [0.25, 0.3) is 0 Å². The van der Waals surface area contributed by atoms with Gasteiger partial charge in [-0.2, -0.15) is 0 Å². The van der Waals surface area contributed by atoms with E-state index in [1.54, 1.807) is 26.0 Å². The highest BCUT2D eigenvalue weighted by molar-refractivity contribution is 7.92. The average Bonchev–Trinajstić information content (AvgIpc) is 2.75. The quantitative estimate of drug-likeness (QED) is 0.470. The van der Waals surface area contributed by atoms with Crippen molar-refractivity contribution >= 4 is 27.3 Å². The van der Waals surface area contributed by atoms with E-state index in [0.29, 0.717) is 17.1 Å². The molecule has 0 unspecified atom stereocenters. The summed E-state index contributed by atoms with van der Waals surface area (Å²) >= 11 is 0. The number of benzene rings is 2. The van der Waals surface area contributed by atoms with Crippen LogP contribution in [-0.4, -0.2) is 50.8 Å². The Morgan fingerprint density at radius 1 is 1.28 bits per heavy atom. The van der Waals surface area contributed by atoms with Crippen molar-refractivity contribution in [2.45, 2.75) is 32.4 Å². The van der Waals surface area contributed by atoms with Gasteiger partial charge >= 0.3 is 0 Å². The number of nitrogens with zero attached hydrogens (tertiary/aromatic N) is 2. The highest BCUT2D eigenvalue weighted by Gasteiger charge is 2.34. The van der Waals surface area contributed by atoms with Crippen molar-refractivity contribution in [3.8, 4) is 11.5 Å². The number of carbonyl (C=O) groups is 1. The molecule has 32 heavy (non-hydrogen) atoms. The standard InChI is InChI=1S/C21H25N3O7S/c1-4-17(21(25)22-12-16-13-30-19-7-5-6-8-20(19)31-16)23(32(3,28)29)18-11-15(24(26)27)10-9-14(18)2/h5-11,16-17H,4,12-13H2,1-3H3,(H,22,25)/t16-,17-/m1/s1. The molecule has 0 aromatic heterocycles. The molecule has 1 aliphatic heterocycles. The summed E-state index contributed by atoms with van der Waals surface area (Å²) in [5.74, 6) is 0.646. The van der Waals surface area contributed by atoms with Crippen molar-refractivity contribution in [2.24, 2.45) is 0 Å². The first-order chi connectivity index (χ1) is 15.1. The van der Waals surface area contributed by atoms with Gasteiger partial charge < -0.3 is 14.8 Å². The van der Waals surface area contributed by atoms with E-state index in [1.165, 1.54) is 18.2 Å². The van der Waals surface area contributed by atoms with Gasteiger partial charge in [-0.1, -0.05) is 25.1 Å². The van der Waals surface area contributed by atoms with Gasteiger partial charge in [0.1, 0.15) is 18.8 Å². The molecule has 11 heteroatoms. The Morgan fingerprint density at radius 2 is 1.97 bits per heavy atom. The highest BCUT2D eigenvalue weighted by atomic mass is 32.2. The summed E-state index contributed by atoms with van der Waals surface area (Å²) in [7, 11) is -3.93. The van der Waals surface area contributed by atoms with Crippen molar-refractivity contribution in [1.82, 2.24) is 5.32 Å². The Balaban J connectivity index is 1.80. The average molecular weight is 464 g/mol. The number of hydrogen-bond acceptors (Lipinski definition) is 7. The fraction of sp³-hybridized carbons (Fsp3) is 0.381. The molecular weight excluding hydrogens is 438 g/mol. The first-order valence-corrected chi connectivity index (χ1v) is 11.9. The fourth-order valence-electron chi connectivity index (χ4n) is 3.48. The summed E-state index contributed by atoms with van der Waals surface area (Å²) in [6.45, 7) is 3.64. The molecule has 0 saturated heterocycles. The minimum absolute atomic E-state index is 0.0925. The maximum Gasteiger partial charge on any atom is 0.271 e. The van der Waals surface area contributed by atoms with Crippen LogP contribution in [0, 0.1) is 17.0 Å². The number of nitro benzene ring substituents is 1. The molecule has 10 nitrogen and oxygen atoms in total. The lowest BCUT2D eigenvalue weighted by atomic mass is 10.1. The van der Waals surface area contributed by atoms with E-state index in [0.717, 1.165) is 10.6 Å². The molecule has 0 radical (unpaired) electrons. The second-order valence-electron chi connectivity index (χ2n) is 7.45. The Hall–Kier alpha value is -3.34. The zero-order valence-electron chi connectivity index (χ0n) is 18.0. The number of ether oxygens (including phenoxy) is 2. The van der Waals surface area contributed by atoms with Gasteiger partial charge in [0.05, 0.1) is 23.4 Å². The second-order valence-corrected chi connectivity index (χ2v) is 9.31. The third kappa shape index (κ3) is 5.10. The molecule has 1 amide bonds. The van der Waals surface area contributed by atoms with Crippen molar-refractivity contribution in [3.63, 3.8) is 0 Å². The number of non-ortho nitro benzene ring substituents is 1. The summed E-state index contributed by atoms with van der Waals surface area (Å²) in [6, 6.07) is 9.99. The molecule has 0 aliphatic carbocycles. The van der Waals surface area contributed by atoms with Crippen LogP contribution in [0.4, 0.5) is 11.4 Å². The molecule has 2 aromatic carbocycles. The minimum atomic E-state index is -3.93. The zero-order valence-corrected chi connectivity index (χ0v) is 18.8. The predicted molar refractivity (Wildman–Crippen MR) is 119 cm³/mol. The van der Waals surface area contributed by atoms with Crippen molar-refractivity contribution in [2.75, 3.05) is 23.7 Å². The third-order valence-electron chi connectivity index (χ3n) is 5.04. The van der Waals surface area contributed by atoms with Gasteiger partial charge in [-0.15, -0.1) is 0 Å². The number of hydrogen-bond donors (Lipinski definition) is 1. The number of nitro groups is 1. The first kappa shape index (κ1) is 23.3. The lowest BCUT2D eigenvalue weighted by Gasteiger charge is -2.32. The number of carbonyl (C=O) groups excluding carboxylic acids is 1. The van der Waals surface area contributed by atoms with Crippen molar-refractivity contribution in [3.05, 3.63) is 58.1 Å². The topological polar surface area (TPSA) is 128 Å². The van der Waals surface area contributed by atoms with Crippen LogP contribution in [-0.2, 0) is 14.8 Å². The van der Waals surface area contributed by atoms with Crippen LogP contribution in [0.2, 0.25) is 0 Å². The summed E-state index contributed by atoms with van der Waals surface area (Å²) in [5, 5.41) is 13.9. The molecule has 2 atom stereocenters. The molecular formula is C21H25N3O7S. The van der Waals surface area contributed by atoms with Gasteiger partial charge in [-0.05, 0) is 31.0 Å². The van der Waals surface area contributed by atoms with Crippen molar-refractivity contribution < 1.29 is 27.6 Å². The van der Waals surface area contributed by atoms with Gasteiger partial charge in [0.25, 0.3) is 5.69 Å². The van der Waals surface area contributed by atoms with E-state index < -0.39 is 33.0 Å². The lowest BCUT2D eigenvalue weighted by Crippen LogP contribution is -2.51. The number of anilines is 1. The van der Waals surface area contributed by atoms with E-state index in [4.69, 9.17) is 9.47 Å². The summed E-state index contributed by atoms with van der Waals surface area (Å²) in [6.07, 6.45) is 0.680. The Morgan fingerprint density at radius 3 is 2.59 bits per heavy atom. The summed E-state index contributed by atoms with van der Waals surface area (Å²) in [4.78, 5) is 23.6.